The molecule has 0 aromatic heterocycles. The third-order valence-corrected chi connectivity index (χ3v) is 1.24. The molecule has 5 N–H and O–H groups in total. The van der Waals surface area contributed by atoms with Gasteiger partial charge in [-0.05, 0) is 6.42 Å². The van der Waals surface area contributed by atoms with E-state index in [0.717, 1.165) is 0 Å². The van der Waals surface area contributed by atoms with Crippen LogP contribution in [0.25, 0.3) is 0 Å². The summed E-state index contributed by atoms with van der Waals surface area (Å²) in [6.07, 6.45) is -4.59. The standard InChI is InChI=1S/C5H12N2O2.C2HF3O2/c1-9-3-2-4(6)5(7)8;3-2(4,5)1(6)7/h4H,2-3,6H2,1H3,(H2,7,8);(H,6,7). The molecule has 0 bridgehead atoms. The second-order valence-electron chi connectivity index (χ2n) is 2.59. The molecule has 1 atom stereocenters. The first-order chi connectivity index (χ1) is 7.12. The van der Waals surface area contributed by atoms with Crippen LogP contribution in [0.3, 0.4) is 0 Å². The molecule has 0 aliphatic heterocycles. The van der Waals surface area contributed by atoms with Gasteiger partial charge in [0, 0.05) is 13.7 Å². The normalized spacial score (nSPS) is 12.3. The lowest BCUT2D eigenvalue weighted by atomic mass is 10.2. The number of primary amides is 1. The van der Waals surface area contributed by atoms with E-state index in [2.05, 4.69) is 4.74 Å². The average Bonchev–Trinajstić information content (AvgIpc) is 2.13. The summed E-state index contributed by atoms with van der Waals surface area (Å²) >= 11 is 0. The summed E-state index contributed by atoms with van der Waals surface area (Å²) in [4.78, 5) is 19.1. The van der Waals surface area contributed by atoms with Crippen LogP contribution in [0.2, 0.25) is 0 Å². The zero-order valence-corrected chi connectivity index (χ0v) is 8.45. The molecule has 1 amide bonds. The van der Waals surface area contributed by atoms with Gasteiger partial charge in [-0.1, -0.05) is 0 Å². The lowest BCUT2D eigenvalue weighted by Crippen LogP contribution is -2.37. The number of halogens is 3. The van der Waals surface area contributed by atoms with E-state index in [4.69, 9.17) is 21.4 Å². The van der Waals surface area contributed by atoms with Gasteiger partial charge >= 0.3 is 12.1 Å². The molecule has 0 aliphatic rings. The van der Waals surface area contributed by atoms with E-state index in [9.17, 15) is 18.0 Å². The van der Waals surface area contributed by atoms with Crippen LogP contribution in [-0.2, 0) is 14.3 Å². The SMILES string of the molecule is COCCC(N)C(N)=O.O=C(O)C(F)(F)F. The van der Waals surface area contributed by atoms with Crippen molar-refractivity contribution in [3.63, 3.8) is 0 Å². The highest BCUT2D eigenvalue weighted by Crippen LogP contribution is 2.13. The fraction of sp³-hybridized carbons (Fsp3) is 0.714. The molecule has 0 rings (SSSR count). The average molecular weight is 246 g/mol. The van der Waals surface area contributed by atoms with Gasteiger partial charge in [0.2, 0.25) is 5.91 Å². The van der Waals surface area contributed by atoms with Crippen LogP contribution >= 0.6 is 0 Å². The summed E-state index contributed by atoms with van der Waals surface area (Å²) in [7, 11) is 1.55. The molecule has 0 heterocycles. The van der Waals surface area contributed by atoms with Gasteiger partial charge in [0.05, 0.1) is 6.04 Å². The minimum Gasteiger partial charge on any atom is -0.475 e. The maximum absolute atomic E-state index is 10.6. The fourth-order valence-electron chi connectivity index (χ4n) is 0.387. The molecule has 16 heavy (non-hydrogen) atoms. The minimum absolute atomic E-state index is 0.476. The first kappa shape index (κ1) is 17.1. The topological polar surface area (TPSA) is 116 Å². The van der Waals surface area contributed by atoms with Crippen LogP contribution in [-0.4, -0.2) is 42.9 Å². The van der Waals surface area contributed by atoms with Gasteiger partial charge in [-0.25, -0.2) is 4.79 Å². The summed E-state index contributed by atoms with van der Waals surface area (Å²) in [6, 6.07) is -0.565. The number of carbonyl (C=O) groups excluding carboxylic acids is 1. The van der Waals surface area contributed by atoms with E-state index in [1.165, 1.54) is 0 Å². The fourth-order valence-corrected chi connectivity index (χ4v) is 0.387. The molecule has 96 valence electrons. The first-order valence-electron chi connectivity index (χ1n) is 3.96. The number of aliphatic carboxylic acids is 1. The summed E-state index contributed by atoms with van der Waals surface area (Å²) in [5, 5.41) is 7.12. The molecule has 0 radical (unpaired) electrons. The number of hydrogen-bond donors (Lipinski definition) is 3. The maximum Gasteiger partial charge on any atom is 0.490 e. The molecule has 0 fully saturated rings. The monoisotopic (exact) mass is 246 g/mol. The van der Waals surface area contributed by atoms with Crippen molar-refractivity contribution in [2.45, 2.75) is 18.6 Å². The number of rotatable bonds is 4. The molecule has 0 spiro atoms. The Morgan fingerprint density at radius 3 is 2.00 bits per heavy atom. The minimum atomic E-state index is -5.08. The molecule has 0 aromatic carbocycles. The number of amides is 1. The van der Waals surface area contributed by atoms with Crippen molar-refractivity contribution in [2.75, 3.05) is 13.7 Å². The Kier molecular flexibility index (Phi) is 8.40. The zero-order valence-electron chi connectivity index (χ0n) is 8.45. The van der Waals surface area contributed by atoms with Gasteiger partial charge in [-0.15, -0.1) is 0 Å². The van der Waals surface area contributed by atoms with Gasteiger partial charge in [0.1, 0.15) is 0 Å². The molecule has 0 aromatic rings. The molecular weight excluding hydrogens is 233 g/mol. The Labute approximate surface area is 89.3 Å². The Hall–Kier alpha value is -1.35. The lowest BCUT2D eigenvalue weighted by molar-refractivity contribution is -0.192. The Morgan fingerprint density at radius 1 is 1.44 bits per heavy atom. The summed E-state index contributed by atoms with van der Waals surface area (Å²) in [6.45, 7) is 0.476. The van der Waals surface area contributed by atoms with Crippen molar-refractivity contribution in [2.24, 2.45) is 11.5 Å². The van der Waals surface area contributed by atoms with Gasteiger partial charge in [-0.3, -0.25) is 4.79 Å². The van der Waals surface area contributed by atoms with Crippen LogP contribution in [0, 0.1) is 0 Å². The number of ether oxygens (including phenoxy) is 1. The number of alkyl halides is 3. The molecule has 0 aliphatic carbocycles. The predicted octanol–water partition coefficient (Wildman–Crippen LogP) is -0.531. The van der Waals surface area contributed by atoms with E-state index in [1.54, 1.807) is 7.11 Å². The predicted molar refractivity (Wildman–Crippen MR) is 47.4 cm³/mol. The van der Waals surface area contributed by atoms with E-state index in [1.807, 2.05) is 0 Å². The van der Waals surface area contributed by atoms with Gasteiger partial charge < -0.3 is 21.3 Å². The molecule has 9 heteroatoms. The van der Waals surface area contributed by atoms with Crippen molar-refractivity contribution in [3.8, 4) is 0 Å². The zero-order chi connectivity index (χ0) is 13.4. The van der Waals surface area contributed by atoms with Crippen LogP contribution < -0.4 is 11.5 Å². The molecule has 0 saturated heterocycles. The van der Waals surface area contributed by atoms with E-state index < -0.39 is 24.1 Å². The largest absolute Gasteiger partial charge is 0.490 e. The summed E-state index contributed by atoms with van der Waals surface area (Å²) in [5.74, 6) is -3.24. The molecule has 6 nitrogen and oxygen atoms in total. The number of nitrogens with two attached hydrogens (primary N) is 2. The quantitative estimate of drug-likeness (QED) is 0.616. The van der Waals surface area contributed by atoms with Gasteiger partial charge in [0.25, 0.3) is 0 Å². The van der Waals surface area contributed by atoms with Crippen molar-refractivity contribution in [3.05, 3.63) is 0 Å². The van der Waals surface area contributed by atoms with E-state index >= 15 is 0 Å². The number of carboxylic acid groups (broad SMARTS) is 1. The van der Waals surface area contributed by atoms with Crippen LogP contribution in [0.1, 0.15) is 6.42 Å². The Bertz CT molecular complexity index is 232. The molecule has 1 unspecified atom stereocenters. The van der Waals surface area contributed by atoms with Crippen LogP contribution in [0.4, 0.5) is 13.2 Å². The van der Waals surface area contributed by atoms with Crippen molar-refractivity contribution >= 4 is 11.9 Å². The second kappa shape index (κ2) is 7.88. The summed E-state index contributed by atoms with van der Waals surface area (Å²) < 4.78 is 36.4. The van der Waals surface area contributed by atoms with Gasteiger partial charge in [-0.2, -0.15) is 13.2 Å². The highest BCUT2D eigenvalue weighted by Gasteiger charge is 2.38. The van der Waals surface area contributed by atoms with Gasteiger partial charge in [0.15, 0.2) is 0 Å². The van der Waals surface area contributed by atoms with E-state index in [-0.39, 0.29) is 0 Å². The van der Waals surface area contributed by atoms with E-state index in [0.29, 0.717) is 13.0 Å². The Morgan fingerprint density at radius 2 is 1.81 bits per heavy atom. The number of hydrogen-bond acceptors (Lipinski definition) is 4. The maximum atomic E-state index is 10.6. The smallest absolute Gasteiger partial charge is 0.475 e. The van der Waals surface area contributed by atoms with Crippen molar-refractivity contribution < 1.29 is 32.6 Å². The third-order valence-electron chi connectivity index (χ3n) is 1.24. The third kappa shape index (κ3) is 10.7. The number of carboxylic acids is 1. The Balaban J connectivity index is 0. The van der Waals surface area contributed by atoms with Crippen molar-refractivity contribution in [1.82, 2.24) is 0 Å². The molecule has 0 saturated carbocycles. The molecular formula is C7H13F3N2O4. The lowest BCUT2D eigenvalue weighted by Gasteiger charge is -2.04. The number of carbonyl (C=O) groups is 2. The van der Waals surface area contributed by atoms with Crippen LogP contribution in [0.15, 0.2) is 0 Å². The number of methoxy groups -OCH3 is 1. The second-order valence-corrected chi connectivity index (χ2v) is 2.59. The first-order valence-corrected chi connectivity index (χ1v) is 3.96. The van der Waals surface area contributed by atoms with Crippen LogP contribution in [0.5, 0.6) is 0 Å². The summed E-state index contributed by atoms with van der Waals surface area (Å²) in [5.41, 5.74) is 10.1. The highest BCUT2D eigenvalue weighted by molar-refractivity contribution is 5.79. The van der Waals surface area contributed by atoms with Crippen molar-refractivity contribution in [1.29, 1.82) is 0 Å². The highest BCUT2D eigenvalue weighted by atomic mass is 19.4.